The Morgan fingerprint density at radius 1 is 1.53 bits per heavy atom. The maximum atomic E-state index is 11.9. The van der Waals surface area contributed by atoms with Crippen molar-refractivity contribution in [2.24, 2.45) is 0 Å². The van der Waals surface area contributed by atoms with E-state index in [1.807, 2.05) is 6.92 Å². The predicted octanol–water partition coefficient (Wildman–Crippen LogP) is 0.790. The fourth-order valence-corrected chi connectivity index (χ4v) is 2.79. The molecule has 0 bridgehead atoms. The highest BCUT2D eigenvalue weighted by molar-refractivity contribution is 7.84. The zero-order chi connectivity index (χ0) is 12.8. The second kappa shape index (κ2) is 7.11. The van der Waals surface area contributed by atoms with E-state index >= 15 is 0 Å². The molecule has 0 aliphatic carbocycles. The molecule has 2 N–H and O–H groups in total. The minimum absolute atomic E-state index is 0.0478. The van der Waals surface area contributed by atoms with E-state index in [0.29, 0.717) is 11.8 Å². The Balaban J connectivity index is 2.29. The van der Waals surface area contributed by atoms with Crippen LogP contribution in [0.25, 0.3) is 0 Å². The Morgan fingerprint density at radius 2 is 2.24 bits per heavy atom. The van der Waals surface area contributed by atoms with Gasteiger partial charge in [-0.15, -0.1) is 0 Å². The van der Waals surface area contributed by atoms with Crippen LogP contribution in [0.2, 0.25) is 0 Å². The Labute approximate surface area is 106 Å². The van der Waals surface area contributed by atoms with Gasteiger partial charge in [-0.2, -0.15) is 0 Å². The molecule has 5 heteroatoms. The molecule has 1 fully saturated rings. The summed E-state index contributed by atoms with van der Waals surface area (Å²) in [5, 5.41) is 6.30. The molecule has 1 rings (SSSR count). The van der Waals surface area contributed by atoms with Crippen molar-refractivity contribution in [1.29, 1.82) is 0 Å². The second-order valence-corrected chi connectivity index (χ2v) is 6.58. The van der Waals surface area contributed by atoms with Crippen LogP contribution in [0.4, 0.5) is 0 Å². The van der Waals surface area contributed by atoms with Crippen molar-refractivity contribution in [3.8, 4) is 0 Å². The first-order valence-electron chi connectivity index (χ1n) is 6.35. The fourth-order valence-electron chi connectivity index (χ4n) is 2.10. The third kappa shape index (κ3) is 5.64. The largest absolute Gasteiger partial charge is 0.352 e. The van der Waals surface area contributed by atoms with Gasteiger partial charge in [0, 0.05) is 34.9 Å². The Bertz CT molecular complexity index is 284. The normalized spacial score (nSPS) is 28.4. The number of amides is 1. The summed E-state index contributed by atoms with van der Waals surface area (Å²) in [4.78, 5) is 11.9. The van der Waals surface area contributed by atoms with Gasteiger partial charge in [-0.05, 0) is 39.5 Å². The van der Waals surface area contributed by atoms with Gasteiger partial charge in [0.1, 0.15) is 0 Å². The zero-order valence-electron chi connectivity index (χ0n) is 11.0. The van der Waals surface area contributed by atoms with Gasteiger partial charge in [-0.1, -0.05) is 0 Å². The quantitative estimate of drug-likeness (QED) is 0.768. The lowest BCUT2D eigenvalue weighted by molar-refractivity contribution is -0.124. The van der Waals surface area contributed by atoms with Crippen molar-refractivity contribution in [3.63, 3.8) is 0 Å². The van der Waals surface area contributed by atoms with E-state index in [4.69, 9.17) is 0 Å². The van der Waals surface area contributed by atoms with Gasteiger partial charge in [0.25, 0.3) is 0 Å². The summed E-state index contributed by atoms with van der Waals surface area (Å²) in [6.45, 7) is 4.08. The standard InChI is InChI=1S/C12H24N2O2S/c1-9-5-4-6-11(13-9)12(15)14-10(2)7-8-17(3)16/h9-11,13H,4-8H2,1-3H3,(H,14,15). The molecule has 1 aliphatic heterocycles. The number of hydrogen-bond donors (Lipinski definition) is 2. The van der Waals surface area contributed by atoms with Crippen molar-refractivity contribution < 1.29 is 9.00 Å². The van der Waals surface area contributed by atoms with E-state index in [9.17, 15) is 9.00 Å². The average Bonchev–Trinajstić information content (AvgIpc) is 2.26. The van der Waals surface area contributed by atoms with Gasteiger partial charge in [0.15, 0.2) is 0 Å². The molecular weight excluding hydrogens is 236 g/mol. The third-order valence-corrected chi connectivity index (χ3v) is 3.97. The molecule has 4 nitrogen and oxygen atoms in total. The topological polar surface area (TPSA) is 58.2 Å². The van der Waals surface area contributed by atoms with Crippen LogP contribution in [0, 0.1) is 0 Å². The molecule has 1 heterocycles. The Kier molecular flexibility index (Phi) is 6.12. The molecule has 1 amide bonds. The van der Waals surface area contributed by atoms with Crippen LogP contribution >= 0.6 is 0 Å². The number of nitrogens with one attached hydrogen (secondary N) is 2. The summed E-state index contributed by atoms with van der Waals surface area (Å²) in [5.74, 6) is 0.738. The van der Waals surface area contributed by atoms with Crippen LogP contribution in [0.1, 0.15) is 39.5 Å². The third-order valence-electron chi connectivity index (χ3n) is 3.16. The highest BCUT2D eigenvalue weighted by Gasteiger charge is 2.24. The van der Waals surface area contributed by atoms with E-state index < -0.39 is 10.8 Å². The van der Waals surface area contributed by atoms with E-state index in [1.54, 1.807) is 6.26 Å². The van der Waals surface area contributed by atoms with E-state index in [-0.39, 0.29) is 18.0 Å². The van der Waals surface area contributed by atoms with E-state index in [0.717, 1.165) is 25.7 Å². The number of carbonyl (C=O) groups excluding carboxylic acids is 1. The van der Waals surface area contributed by atoms with Crippen molar-refractivity contribution in [2.75, 3.05) is 12.0 Å². The average molecular weight is 260 g/mol. The first-order valence-corrected chi connectivity index (χ1v) is 8.08. The summed E-state index contributed by atoms with van der Waals surface area (Å²) in [7, 11) is -0.778. The highest BCUT2D eigenvalue weighted by atomic mass is 32.2. The van der Waals surface area contributed by atoms with Gasteiger partial charge in [-0.3, -0.25) is 9.00 Å². The monoisotopic (exact) mass is 260 g/mol. The molecule has 0 aromatic carbocycles. The number of hydrogen-bond acceptors (Lipinski definition) is 3. The summed E-state index contributed by atoms with van der Waals surface area (Å²) >= 11 is 0. The molecule has 1 saturated heterocycles. The first kappa shape index (κ1) is 14.6. The molecule has 0 aromatic rings. The summed E-state index contributed by atoms with van der Waals surface area (Å²) < 4.78 is 11.0. The number of piperidine rings is 1. The summed E-state index contributed by atoms with van der Waals surface area (Å²) in [6, 6.07) is 0.483. The molecule has 100 valence electrons. The second-order valence-electron chi connectivity index (χ2n) is 5.03. The minimum atomic E-state index is -0.778. The van der Waals surface area contributed by atoms with Crippen molar-refractivity contribution in [1.82, 2.24) is 10.6 Å². The molecule has 1 aliphatic rings. The lowest BCUT2D eigenvalue weighted by Crippen LogP contribution is -2.51. The molecule has 0 aromatic heterocycles. The highest BCUT2D eigenvalue weighted by Crippen LogP contribution is 2.12. The van der Waals surface area contributed by atoms with Crippen molar-refractivity contribution in [3.05, 3.63) is 0 Å². The van der Waals surface area contributed by atoms with Gasteiger partial charge in [-0.25, -0.2) is 0 Å². The van der Waals surface area contributed by atoms with Crippen molar-refractivity contribution in [2.45, 2.75) is 57.7 Å². The minimum Gasteiger partial charge on any atom is -0.352 e. The van der Waals surface area contributed by atoms with Gasteiger partial charge in [0.2, 0.25) is 5.91 Å². The number of carbonyl (C=O) groups is 1. The molecule has 4 atom stereocenters. The zero-order valence-corrected chi connectivity index (χ0v) is 11.8. The first-order chi connectivity index (χ1) is 7.99. The molecule has 17 heavy (non-hydrogen) atoms. The predicted molar refractivity (Wildman–Crippen MR) is 71.4 cm³/mol. The molecule has 0 radical (unpaired) electrons. The fraction of sp³-hybridized carbons (Fsp3) is 0.917. The Morgan fingerprint density at radius 3 is 2.82 bits per heavy atom. The van der Waals surface area contributed by atoms with Crippen molar-refractivity contribution >= 4 is 16.7 Å². The van der Waals surface area contributed by atoms with Crippen LogP contribution in [0.5, 0.6) is 0 Å². The lowest BCUT2D eigenvalue weighted by atomic mass is 9.99. The van der Waals surface area contributed by atoms with E-state index in [2.05, 4.69) is 17.6 Å². The van der Waals surface area contributed by atoms with Crippen LogP contribution in [0.15, 0.2) is 0 Å². The van der Waals surface area contributed by atoms with Crippen LogP contribution in [-0.2, 0) is 15.6 Å². The van der Waals surface area contributed by atoms with Crippen LogP contribution in [-0.4, -0.2) is 40.3 Å². The van der Waals surface area contributed by atoms with Gasteiger partial charge >= 0.3 is 0 Å². The SMILES string of the molecule is CC(CCS(C)=O)NC(=O)C1CCCC(C)N1. The van der Waals surface area contributed by atoms with Crippen LogP contribution < -0.4 is 10.6 Å². The Hall–Kier alpha value is -0.420. The molecule has 4 unspecified atom stereocenters. The molecule has 0 spiro atoms. The van der Waals surface area contributed by atoms with Gasteiger partial charge in [0.05, 0.1) is 6.04 Å². The summed E-state index contributed by atoms with van der Waals surface area (Å²) in [6.07, 6.45) is 5.65. The van der Waals surface area contributed by atoms with Crippen LogP contribution in [0.3, 0.4) is 0 Å². The number of rotatable bonds is 5. The smallest absolute Gasteiger partial charge is 0.237 e. The maximum Gasteiger partial charge on any atom is 0.237 e. The molecular formula is C12H24N2O2S. The van der Waals surface area contributed by atoms with Gasteiger partial charge < -0.3 is 10.6 Å². The summed E-state index contributed by atoms with van der Waals surface area (Å²) in [5.41, 5.74) is 0. The molecule has 0 saturated carbocycles. The maximum absolute atomic E-state index is 11.9. The lowest BCUT2D eigenvalue weighted by Gasteiger charge is -2.28. The van der Waals surface area contributed by atoms with E-state index in [1.165, 1.54) is 0 Å².